The Morgan fingerprint density at radius 2 is 1.52 bits per heavy atom. The number of rotatable bonds is 3. The zero-order chi connectivity index (χ0) is 16.8. The number of hydrogen-bond acceptors (Lipinski definition) is 2. The van der Waals surface area contributed by atoms with Crippen molar-refractivity contribution in [2.24, 2.45) is 0 Å². The normalized spacial score (nSPS) is 13.9. The Balaban J connectivity index is 3.79. The van der Waals surface area contributed by atoms with Gasteiger partial charge in [-0.1, -0.05) is 0 Å². The van der Waals surface area contributed by atoms with Gasteiger partial charge in [-0.2, -0.15) is 40.2 Å². The van der Waals surface area contributed by atoms with Crippen LogP contribution < -0.4 is 0 Å². The second-order valence-corrected chi connectivity index (χ2v) is 4.33. The molecule has 0 atom stereocenters. The average molecular weight is 324 g/mol. The van der Waals surface area contributed by atoms with Gasteiger partial charge < -0.3 is 0 Å². The Labute approximate surface area is 112 Å². The summed E-state index contributed by atoms with van der Waals surface area (Å²) in [6.07, 6.45) is -12.3. The van der Waals surface area contributed by atoms with Crippen molar-refractivity contribution in [3.05, 3.63) is 17.0 Å². The predicted octanol–water partition coefficient (Wildman–Crippen LogP) is 3.95. The predicted molar refractivity (Wildman–Crippen MR) is 53.0 cm³/mol. The summed E-state index contributed by atoms with van der Waals surface area (Å²) in [5.74, 6) is -5.84. The first-order valence-corrected chi connectivity index (χ1v) is 5.35. The van der Waals surface area contributed by atoms with Crippen molar-refractivity contribution in [2.45, 2.75) is 38.2 Å². The number of carbonyl (C=O) groups excluding carboxylic acids is 1. The summed E-state index contributed by atoms with van der Waals surface area (Å²) in [7, 11) is 0. The first-order valence-electron chi connectivity index (χ1n) is 5.35. The summed E-state index contributed by atoms with van der Waals surface area (Å²) in [6, 6.07) is -1.02. The first-order chi connectivity index (χ1) is 9.25. The SMILES string of the molecule is CC(C)n1nc(C(F)(F)C(F)(F)F)c(C(F)(F)F)c1C=O. The Bertz CT molecular complexity index is 540. The van der Waals surface area contributed by atoms with E-state index >= 15 is 0 Å². The lowest BCUT2D eigenvalue weighted by atomic mass is 10.1. The molecule has 0 aliphatic heterocycles. The van der Waals surface area contributed by atoms with E-state index in [4.69, 9.17) is 0 Å². The lowest BCUT2D eigenvalue weighted by Gasteiger charge is -2.19. The molecule has 21 heavy (non-hydrogen) atoms. The van der Waals surface area contributed by atoms with Crippen LogP contribution in [0.15, 0.2) is 0 Å². The second-order valence-electron chi connectivity index (χ2n) is 4.33. The van der Waals surface area contributed by atoms with Crippen molar-refractivity contribution in [1.82, 2.24) is 9.78 Å². The molecule has 1 rings (SSSR count). The Morgan fingerprint density at radius 3 is 1.81 bits per heavy atom. The molecule has 11 heteroatoms. The summed E-state index contributed by atoms with van der Waals surface area (Å²) >= 11 is 0. The molecular formula is C10H8F8N2O. The molecule has 0 amide bonds. The van der Waals surface area contributed by atoms with Gasteiger partial charge in [0.1, 0.15) is 11.3 Å². The third kappa shape index (κ3) is 2.86. The third-order valence-electron chi connectivity index (χ3n) is 2.49. The number of hydrogen-bond donors (Lipinski definition) is 0. The van der Waals surface area contributed by atoms with E-state index in [2.05, 4.69) is 5.10 Å². The van der Waals surface area contributed by atoms with E-state index < -0.39 is 47.6 Å². The van der Waals surface area contributed by atoms with E-state index in [0.717, 1.165) is 0 Å². The highest BCUT2D eigenvalue weighted by molar-refractivity contribution is 5.76. The first kappa shape index (κ1) is 17.4. The van der Waals surface area contributed by atoms with Gasteiger partial charge in [-0.25, -0.2) is 0 Å². The smallest absolute Gasteiger partial charge is 0.296 e. The van der Waals surface area contributed by atoms with Crippen LogP contribution >= 0.6 is 0 Å². The van der Waals surface area contributed by atoms with Gasteiger partial charge in [0.15, 0.2) is 12.0 Å². The van der Waals surface area contributed by atoms with Crippen molar-refractivity contribution in [3.8, 4) is 0 Å². The molecule has 0 aliphatic rings. The Morgan fingerprint density at radius 1 is 1.05 bits per heavy atom. The van der Waals surface area contributed by atoms with Gasteiger partial charge in [0.2, 0.25) is 0 Å². The monoisotopic (exact) mass is 324 g/mol. The summed E-state index contributed by atoms with van der Waals surface area (Å²) in [5, 5.41) is 2.68. The van der Waals surface area contributed by atoms with E-state index in [9.17, 15) is 39.9 Å². The van der Waals surface area contributed by atoms with Gasteiger partial charge in [-0.3, -0.25) is 9.48 Å². The van der Waals surface area contributed by atoms with Gasteiger partial charge in [-0.15, -0.1) is 0 Å². The van der Waals surface area contributed by atoms with E-state index in [1.54, 1.807) is 0 Å². The quantitative estimate of drug-likeness (QED) is 0.623. The van der Waals surface area contributed by atoms with Crippen LogP contribution in [0.25, 0.3) is 0 Å². The van der Waals surface area contributed by atoms with Gasteiger partial charge in [0, 0.05) is 6.04 Å². The van der Waals surface area contributed by atoms with Gasteiger partial charge in [0.05, 0.1) is 0 Å². The minimum atomic E-state index is -6.27. The topological polar surface area (TPSA) is 34.9 Å². The van der Waals surface area contributed by atoms with Crippen LogP contribution in [0.4, 0.5) is 35.1 Å². The highest BCUT2D eigenvalue weighted by Gasteiger charge is 2.64. The molecule has 0 aliphatic carbocycles. The number of alkyl halides is 8. The largest absolute Gasteiger partial charge is 0.459 e. The number of aldehydes is 1. The highest BCUT2D eigenvalue weighted by Crippen LogP contribution is 2.48. The summed E-state index contributed by atoms with van der Waals surface area (Å²) < 4.78 is 102. The van der Waals surface area contributed by atoms with Gasteiger partial charge >= 0.3 is 18.3 Å². The molecule has 0 saturated heterocycles. The molecule has 0 fully saturated rings. The highest BCUT2D eigenvalue weighted by atomic mass is 19.4. The summed E-state index contributed by atoms with van der Waals surface area (Å²) in [5.41, 5.74) is -6.29. The van der Waals surface area contributed by atoms with E-state index in [-0.39, 0.29) is 4.68 Å². The lowest BCUT2D eigenvalue weighted by Crippen LogP contribution is -2.36. The standard InChI is InChI=1S/C10H8F8N2O/c1-4(2)20-5(3-21)6(9(13,14)15)7(19-20)8(11,12)10(16,17)18/h3-4H,1-2H3. The van der Waals surface area contributed by atoms with Gasteiger partial charge in [-0.05, 0) is 13.8 Å². The minimum Gasteiger partial charge on any atom is -0.296 e. The van der Waals surface area contributed by atoms with Crippen LogP contribution in [-0.2, 0) is 12.1 Å². The fraction of sp³-hybridized carbons (Fsp3) is 0.600. The van der Waals surface area contributed by atoms with Crippen molar-refractivity contribution < 1.29 is 39.9 Å². The van der Waals surface area contributed by atoms with Crippen LogP contribution in [0.5, 0.6) is 0 Å². The molecule has 3 nitrogen and oxygen atoms in total. The second kappa shape index (κ2) is 4.95. The van der Waals surface area contributed by atoms with E-state index in [1.807, 2.05) is 0 Å². The van der Waals surface area contributed by atoms with Crippen molar-refractivity contribution in [2.75, 3.05) is 0 Å². The zero-order valence-electron chi connectivity index (χ0n) is 10.5. The molecule has 1 aromatic rings. The maximum atomic E-state index is 13.2. The Hall–Kier alpha value is -1.68. The van der Waals surface area contributed by atoms with Crippen LogP contribution in [0.2, 0.25) is 0 Å². The molecule has 1 aromatic heterocycles. The lowest BCUT2D eigenvalue weighted by molar-refractivity contribution is -0.292. The van der Waals surface area contributed by atoms with Crippen molar-refractivity contribution in [3.63, 3.8) is 0 Å². The molecule has 0 N–H and O–H groups in total. The van der Waals surface area contributed by atoms with Crippen LogP contribution in [0, 0.1) is 0 Å². The van der Waals surface area contributed by atoms with E-state index in [0.29, 0.717) is 0 Å². The molecule has 0 saturated carbocycles. The van der Waals surface area contributed by atoms with Crippen molar-refractivity contribution in [1.29, 1.82) is 0 Å². The molecule has 1 heterocycles. The molecule has 0 bridgehead atoms. The fourth-order valence-electron chi connectivity index (χ4n) is 1.59. The van der Waals surface area contributed by atoms with Crippen LogP contribution in [0.3, 0.4) is 0 Å². The Kier molecular flexibility index (Phi) is 4.09. The minimum absolute atomic E-state index is 0.185. The number of aromatic nitrogens is 2. The third-order valence-corrected chi connectivity index (χ3v) is 2.49. The van der Waals surface area contributed by atoms with E-state index in [1.165, 1.54) is 13.8 Å². The molecular weight excluding hydrogens is 316 g/mol. The number of halogens is 8. The summed E-state index contributed by atoms with van der Waals surface area (Å²) in [4.78, 5) is 10.7. The molecule has 120 valence electrons. The zero-order valence-corrected chi connectivity index (χ0v) is 10.5. The summed E-state index contributed by atoms with van der Waals surface area (Å²) in [6.45, 7) is 2.35. The van der Waals surface area contributed by atoms with Crippen molar-refractivity contribution >= 4 is 6.29 Å². The van der Waals surface area contributed by atoms with Crippen LogP contribution in [0.1, 0.15) is 41.6 Å². The molecule has 0 spiro atoms. The maximum absolute atomic E-state index is 13.2. The van der Waals surface area contributed by atoms with Gasteiger partial charge in [0.25, 0.3) is 0 Å². The molecule has 0 aromatic carbocycles. The van der Waals surface area contributed by atoms with Crippen LogP contribution in [-0.4, -0.2) is 22.2 Å². The molecule has 0 unspecified atom stereocenters. The number of nitrogens with zero attached hydrogens (tertiary/aromatic N) is 2. The maximum Gasteiger partial charge on any atom is 0.459 e. The average Bonchev–Trinajstić information content (AvgIpc) is 2.66. The molecule has 0 radical (unpaired) electrons. The number of carbonyl (C=O) groups is 1. The fourth-order valence-corrected chi connectivity index (χ4v) is 1.59.